The van der Waals surface area contributed by atoms with E-state index in [1.807, 2.05) is 0 Å². The van der Waals surface area contributed by atoms with Crippen LogP contribution in [0.15, 0.2) is 0 Å². The van der Waals surface area contributed by atoms with E-state index in [0.717, 1.165) is 0 Å². The van der Waals surface area contributed by atoms with Gasteiger partial charge in [-0.3, -0.25) is 19.2 Å². The number of nitrogens with two attached hydrogens (primary N) is 3. The number of aliphatic hydroxyl groups excluding tert-OH is 1. The van der Waals surface area contributed by atoms with E-state index in [9.17, 15) is 29.1 Å². The fourth-order valence-corrected chi connectivity index (χ4v) is 2.65. The molecule has 0 rings (SSSR count). The van der Waals surface area contributed by atoms with Gasteiger partial charge in [-0.15, -0.1) is 0 Å². The third-order valence-corrected chi connectivity index (χ3v) is 4.60. The smallest absolute Gasteiger partial charge is 0.327 e. The summed E-state index contributed by atoms with van der Waals surface area (Å²) in [5.41, 5.74) is 16.2. The molecule has 0 spiro atoms. The molecule has 0 aromatic heterocycles. The summed E-state index contributed by atoms with van der Waals surface area (Å²) in [4.78, 5) is 59.2. The molecule has 0 aliphatic rings. The molecule has 14 heteroatoms. The lowest BCUT2D eigenvalue weighted by Crippen LogP contribution is -2.58. The second kappa shape index (κ2) is 15.4. The van der Waals surface area contributed by atoms with E-state index in [1.165, 1.54) is 0 Å². The summed E-state index contributed by atoms with van der Waals surface area (Å²) in [5.74, 6) is -4.79. The molecule has 0 saturated heterocycles. The second-order valence-corrected chi connectivity index (χ2v) is 7.15. The molecule has 31 heavy (non-hydrogen) atoms. The summed E-state index contributed by atoms with van der Waals surface area (Å²) in [5, 5.41) is 25.2. The monoisotopic (exact) mass is 464 g/mol. The fourth-order valence-electron chi connectivity index (χ4n) is 2.40. The molecule has 0 aromatic rings. The zero-order valence-electron chi connectivity index (χ0n) is 17.1. The minimum absolute atomic E-state index is 0.213. The topological polar surface area (TPSA) is 240 Å². The first kappa shape index (κ1) is 28.6. The molecule has 4 atom stereocenters. The Morgan fingerprint density at radius 1 is 0.871 bits per heavy atom. The van der Waals surface area contributed by atoms with Crippen molar-refractivity contribution in [2.45, 2.75) is 56.3 Å². The summed E-state index contributed by atoms with van der Waals surface area (Å²) in [7, 11) is 0. The van der Waals surface area contributed by atoms with E-state index in [2.05, 4.69) is 28.6 Å². The average Bonchev–Trinajstić information content (AvgIpc) is 2.72. The first-order valence-electron chi connectivity index (χ1n) is 9.66. The Bertz CT molecular complexity index is 636. The van der Waals surface area contributed by atoms with Gasteiger partial charge in [0.1, 0.15) is 18.1 Å². The van der Waals surface area contributed by atoms with Crippen molar-refractivity contribution in [1.82, 2.24) is 16.0 Å². The van der Waals surface area contributed by atoms with Crippen molar-refractivity contribution >= 4 is 42.2 Å². The molecule has 4 amide bonds. The van der Waals surface area contributed by atoms with Crippen LogP contribution in [0.25, 0.3) is 0 Å². The largest absolute Gasteiger partial charge is 0.480 e. The number of hydrogen-bond donors (Lipinski definition) is 9. The number of primary amides is 1. The highest BCUT2D eigenvalue weighted by atomic mass is 32.1. The third kappa shape index (κ3) is 11.5. The molecule has 0 radical (unpaired) electrons. The van der Waals surface area contributed by atoms with Gasteiger partial charge in [-0.2, -0.15) is 12.6 Å². The molecular weight excluding hydrogens is 432 g/mol. The van der Waals surface area contributed by atoms with Crippen LogP contribution in [0, 0.1) is 0 Å². The van der Waals surface area contributed by atoms with Crippen molar-refractivity contribution < 1.29 is 34.2 Å². The number of unbranched alkanes of at least 4 members (excludes halogenated alkanes) is 1. The van der Waals surface area contributed by atoms with Gasteiger partial charge in [0.2, 0.25) is 23.6 Å². The van der Waals surface area contributed by atoms with Crippen molar-refractivity contribution in [2.24, 2.45) is 17.2 Å². The fraction of sp³-hybridized carbons (Fsp3) is 0.706. The van der Waals surface area contributed by atoms with Gasteiger partial charge in [0.15, 0.2) is 0 Å². The van der Waals surface area contributed by atoms with Crippen molar-refractivity contribution in [3.05, 3.63) is 0 Å². The summed E-state index contributed by atoms with van der Waals surface area (Å²) >= 11 is 3.83. The molecule has 0 aromatic carbocycles. The van der Waals surface area contributed by atoms with E-state index < -0.39 is 60.4 Å². The lowest BCUT2D eigenvalue weighted by molar-refractivity contribution is -0.141. The molecule has 13 nitrogen and oxygen atoms in total. The molecule has 0 heterocycles. The minimum atomic E-state index is -1.42. The number of aliphatic hydroxyl groups is 1. The molecule has 11 N–H and O–H groups in total. The number of rotatable bonds is 16. The summed E-state index contributed by atoms with van der Waals surface area (Å²) in [6, 6.07) is -5.01. The van der Waals surface area contributed by atoms with E-state index in [1.54, 1.807) is 0 Å². The number of amides is 4. The highest BCUT2D eigenvalue weighted by molar-refractivity contribution is 7.80. The van der Waals surface area contributed by atoms with Gasteiger partial charge in [0.25, 0.3) is 0 Å². The Balaban J connectivity index is 5.13. The predicted molar refractivity (Wildman–Crippen MR) is 114 cm³/mol. The zero-order valence-corrected chi connectivity index (χ0v) is 18.0. The Labute approximate surface area is 185 Å². The first-order valence-corrected chi connectivity index (χ1v) is 10.3. The first-order chi connectivity index (χ1) is 14.6. The molecule has 0 bridgehead atoms. The zero-order chi connectivity index (χ0) is 24.0. The maximum Gasteiger partial charge on any atom is 0.327 e. The van der Waals surface area contributed by atoms with Gasteiger partial charge < -0.3 is 43.4 Å². The molecule has 4 unspecified atom stereocenters. The average molecular weight is 465 g/mol. The van der Waals surface area contributed by atoms with Gasteiger partial charge in [-0.25, -0.2) is 4.79 Å². The second-order valence-electron chi connectivity index (χ2n) is 6.78. The highest BCUT2D eigenvalue weighted by Crippen LogP contribution is 2.02. The number of nitrogens with one attached hydrogen (secondary N) is 3. The molecule has 0 saturated carbocycles. The molecule has 0 aliphatic heterocycles. The van der Waals surface area contributed by atoms with Crippen LogP contribution in [0.5, 0.6) is 0 Å². The van der Waals surface area contributed by atoms with Crippen LogP contribution in [-0.2, 0) is 24.0 Å². The van der Waals surface area contributed by atoms with Crippen molar-refractivity contribution in [1.29, 1.82) is 0 Å². The standard InChI is InChI=1S/C17H32N6O7S/c18-6-2-1-3-9(19)14(26)22-11(7-24)16(28)21-10(4-5-13(20)25)15(27)23-12(8-31)17(29)30/h9-12,24,31H,1-8,18-19H2,(H2,20,25)(H,21,28)(H,22,26)(H,23,27)(H,29,30). The van der Waals surface area contributed by atoms with E-state index in [0.29, 0.717) is 25.8 Å². The van der Waals surface area contributed by atoms with Crippen LogP contribution >= 0.6 is 12.6 Å². The van der Waals surface area contributed by atoms with Crippen LogP contribution in [0.1, 0.15) is 32.1 Å². The van der Waals surface area contributed by atoms with Crippen LogP contribution in [-0.4, -0.2) is 82.9 Å². The summed E-state index contributed by atoms with van der Waals surface area (Å²) < 4.78 is 0. The van der Waals surface area contributed by atoms with Gasteiger partial charge >= 0.3 is 5.97 Å². The highest BCUT2D eigenvalue weighted by Gasteiger charge is 2.29. The number of carbonyl (C=O) groups is 5. The Hall–Kier alpha value is -2.42. The number of carbonyl (C=O) groups excluding carboxylic acids is 4. The van der Waals surface area contributed by atoms with Crippen LogP contribution < -0.4 is 33.2 Å². The van der Waals surface area contributed by atoms with Crippen molar-refractivity contribution in [2.75, 3.05) is 18.9 Å². The van der Waals surface area contributed by atoms with Gasteiger partial charge in [-0.05, 0) is 25.8 Å². The summed E-state index contributed by atoms with van der Waals surface area (Å²) in [6.07, 6.45) is 1.10. The maximum atomic E-state index is 12.5. The Morgan fingerprint density at radius 3 is 1.90 bits per heavy atom. The lowest BCUT2D eigenvalue weighted by Gasteiger charge is -2.24. The third-order valence-electron chi connectivity index (χ3n) is 4.23. The Kier molecular flexibility index (Phi) is 14.2. The SMILES string of the molecule is NCCCCC(N)C(=O)NC(CO)C(=O)NC(CCC(N)=O)C(=O)NC(CS)C(=O)O. The number of carboxylic acids is 1. The van der Waals surface area contributed by atoms with E-state index in [-0.39, 0.29) is 18.6 Å². The van der Waals surface area contributed by atoms with Crippen molar-refractivity contribution in [3.63, 3.8) is 0 Å². The molecule has 178 valence electrons. The van der Waals surface area contributed by atoms with Crippen LogP contribution in [0.4, 0.5) is 0 Å². The van der Waals surface area contributed by atoms with Crippen molar-refractivity contribution in [3.8, 4) is 0 Å². The van der Waals surface area contributed by atoms with Gasteiger partial charge in [-0.1, -0.05) is 6.42 Å². The molecule has 0 aliphatic carbocycles. The summed E-state index contributed by atoms with van der Waals surface area (Å²) in [6.45, 7) is -0.341. The minimum Gasteiger partial charge on any atom is -0.480 e. The van der Waals surface area contributed by atoms with E-state index in [4.69, 9.17) is 22.3 Å². The number of hydrogen-bond acceptors (Lipinski definition) is 9. The van der Waals surface area contributed by atoms with Crippen LogP contribution in [0.2, 0.25) is 0 Å². The van der Waals surface area contributed by atoms with E-state index >= 15 is 0 Å². The van der Waals surface area contributed by atoms with Gasteiger partial charge in [0.05, 0.1) is 12.6 Å². The number of aliphatic carboxylic acids is 1. The molecule has 0 fully saturated rings. The quantitative estimate of drug-likeness (QED) is 0.0801. The lowest BCUT2D eigenvalue weighted by atomic mass is 10.1. The molecular formula is C17H32N6O7S. The predicted octanol–water partition coefficient (Wildman–Crippen LogP) is -3.83. The van der Waals surface area contributed by atoms with Gasteiger partial charge in [0, 0.05) is 12.2 Å². The van der Waals surface area contributed by atoms with Crippen LogP contribution in [0.3, 0.4) is 0 Å². The normalized spacial score (nSPS) is 14.6. The number of carboxylic acid groups (broad SMARTS) is 1. The maximum absolute atomic E-state index is 12.5. The number of thiol groups is 1. The Morgan fingerprint density at radius 2 is 1.42 bits per heavy atom.